The van der Waals surface area contributed by atoms with Crippen molar-refractivity contribution in [1.82, 2.24) is 10.6 Å². The SMILES string of the molecule is C#Cc1cc(C(=O)O)c(C(=O)NC2CCCC3C(NC(=O)c4cc(C#C)c(C#C)cc4C(=O)O)CCCC23)cc1C#C. The Bertz CT molecular complexity index is 1540. The lowest BCUT2D eigenvalue weighted by atomic mass is 9.66. The van der Waals surface area contributed by atoms with E-state index in [0.29, 0.717) is 12.8 Å². The molecule has 8 heteroatoms. The predicted octanol–water partition coefficient (Wildman–Crippen LogP) is 3.51. The van der Waals surface area contributed by atoms with Crippen molar-refractivity contribution in [2.45, 2.75) is 50.6 Å². The van der Waals surface area contributed by atoms with Crippen molar-refractivity contribution < 1.29 is 29.4 Å². The van der Waals surface area contributed by atoms with Gasteiger partial charge in [0.05, 0.1) is 22.3 Å². The number of hydrogen-bond donors (Lipinski definition) is 4. The third-order valence-electron chi connectivity index (χ3n) is 8.21. The van der Waals surface area contributed by atoms with Crippen molar-refractivity contribution in [2.24, 2.45) is 11.8 Å². The highest BCUT2D eigenvalue weighted by Gasteiger charge is 2.42. The Hall–Kier alpha value is -5.44. The van der Waals surface area contributed by atoms with E-state index in [-0.39, 0.29) is 68.4 Å². The zero-order chi connectivity index (χ0) is 30.6. The van der Waals surface area contributed by atoms with E-state index in [1.54, 1.807) is 0 Å². The molecule has 210 valence electrons. The molecule has 4 rings (SSSR count). The Morgan fingerprint density at radius 1 is 0.571 bits per heavy atom. The standard InChI is InChI=1S/C34H28N2O6/c1-5-19-15-25(27(33(39)40)17-21(19)7-3)31(37)35-29-13-9-12-24-23(29)11-10-14-30(24)36-32(38)26-16-20(6-2)22(8-4)18-28(26)34(41)42/h1-4,15-18,23-24,29-30H,9-14H2,(H,35,37)(H,36,38)(H,39,40)(H,41,42). The second-order valence-electron chi connectivity index (χ2n) is 10.4. The zero-order valence-corrected chi connectivity index (χ0v) is 22.7. The average molecular weight is 561 g/mol. The first kappa shape index (κ1) is 29.5. The van der Waals surface area contributed by atoms with E-state index >= 15 is 0 Å². The fourth-order valence-electron chi connectivity index (χ4n) is 6.26. The number of fused-ring (bicyclic) bond motifs is 1. The third-order valence-corrected chi connectivity index (χ3v) is 8.21. The fourth-order valence-corrected chi connectivity index (χ4v) is 6.26. The monoisotopic (exact) mass is 560 g/mol. The normalized spacial score (nSPS) is 20.8. The minimum Gasteiger partial charge on any atom is -0.478 e. The molecule has 0 aromatic heterocycles. The largest absolute Gasteiger partial charge is 0.478 e. The molecule has 0 spiro atoms. The number of carbonyl (C=O) groups excluding carboxylic acids is 2. The average Bonchev–Trinajstić information content (AvgIpc) is 2.99. The maximum atomic E-state index is 13.4. The van der Waals surface area contributed by atoms with E-state index < -0.39 is 23.8 Å². The molecule has 2 aliphatic carbocycles. The Morgan fingerprint density at radius 3 is 1.17 bits per heavy atom. The number of carbonyl (C=O) groups is 4. The van der Waals surface area contributed by atoms with Crippen LogP contribution in [0.4, 0.5) is 0 Å². The molecule has 2 saturated carbocycles. The van der Waals surface area contributed by atoms with Crippen LogP contribution in [0.15, 0.2) is 24.3 Å². The van der Waals surface area contributed by atoms with Crippen LogP contribution in [0.3, 0.4) is 0 Å². The third kappa shape index (κ3) is 5.71. The van der Waals surface area contributed by atoms with Crippen LogP contribution in [0, 0.1) is 61.2 Å². The first-order chi connectivity index (χ1) is 20.1. The quantitative estimate of drug-likeness (QED) is 0.400. The van der Waals surface area contributed by atoms with E-state index in [9.17, 15) is 29.4 Å². The van der Waals surface area contributed by atoms with Gasteiger partial charge in [0, 0.05) is 34.3 Å². The zero-order valence-electron chi connectivity index (χ0n) is 22.7. The summed E-state index contributed by atoms with van der Waals surface area (Å²) in [5.41, 5.74) is 0.302. The van der Waals surface area contributed by atoms with E-state index in [4.69, 9.17) is 25.7 Å². The highest BCUT2D eigenvalue weighted by Crippen LogP contribution is 2.41. The Balaban J connectivity index is 1.57. The molecule has 0 saturated heterocycles. The first-order valence-electron chi connectivity index (χ1n) is 13.4. The molecule has 2 aliphatic rings. The Kier molecular flexibility index (Phi) is 8.71. The maximum Gasteiger partial charge on any atom is 0.336 e. The van der Waals surface area contributed by atoms with Crippen molar-refractivity contribution >= 4 is 23.8 Å². The van der Waals surface area contributed by atoms with Crippen molar-refractivity contribution in [1.29, 1.82) is 0 Å². The van der Waals surface area contributed by atoms with Crippen LogP contribution in [-0.4, -0.2) is 46.0 Å². The molecule has 0 bridgehead atoms. The lowest BCUT2D eigenvalue weighted by Crippen LogP contribution is -2.54. The second kappa shape index (κ2) is 12.4. The summed E-state index contributed by atoms with van der Waals surface area (Å²) in [4.78, 5) is 50.6. The molecule has 2 fully saturated rings. The van der Waals surface area contributed by atoms with E-state index in [2.05, 4.69) is 34.3 Å². The fraction of sp³-hybridized carbons (Fsp3) is 0.294. The molecule has 0 heterocycles. The van der Waals surface area contributed by atoms with Gasteiger partial charge in [0.2, 0.25) is 0 Å². The molecule has 0 aliphatic heterocycles. The van der Waals surface area contributed by atoms with Gasteiger partial charge in [0.15, 0.2) is 0 Å². The summed E-state index contributed by atoms with van der Waals surface area (Å²) >= 11 is 0. The predicted molar refractivity (Wildman–Crippen MR) is 156 cm³/mol. The number of terminal acetylenes is 4. The number of amides is 2. The lowest BCUT2D eigenvalue weighted by Gasteiger charge is -2.46. The first-order valence-corrected chi connectivity index (χ1v) is 13.4. The summed E-state index contributed by atoms with van der Waals surface area (Å²) < 4.78 is 0. The number of rotatable bonds is 6. The van der Waals surface area contributed by atoms with Gasteiger partial charge in [-0.1, -0.05) is 36.5 Å². The Morgan fingerprint density at radius 2 is 0.881 bits per heavy atom. The van der Waals surface area contributed by atoms with Gasteiger partial charge in [-0.05, 0) is 61.8 Å². The van der Waals surface area contributed by atoms with Crippen LogP contribution in [0.2, 0.25) is 0 Å². The molecule has 42 heavy (non-hydrogen) atoms. The summed E-state index contributed by atoms with van der Waals surface area (Å²) in [6.45, 7) is 0. The molecular weight excluding hydrogens is 532 g/mol. The van der Waals surface area contributed by atoms with Gasteiger partial charge >= 0.3 is 11.9 Å². The summed E-state index contributed by atoms with van der Waals surface area (Å²) in [6, 6.07) is 4.58. The maximum absolute atomic E-state index is 13.4. The molecule has 4 atom stereocenters. The van der Waals surface area contributed by atoms with Crippen LogP contribution in [0.25, 0.3) is 0 Å². The molecular formula is C34H28N2O6. The molecule has 4 unspecified atom stereocenters. The molecule has 2 aromatic rings. The van der Waals surface area contributed by atoms with Crippen LogP contribution in [0.5, 0.6) is 0 Å². The van der Waals surface area contributed by atoms with Crippen molar-refractivity contribution in [3.8, 4) is 49.4 Å². The number of aromatic carboxylic acids is 2. The van der Waals surface area contributed by atoms with Crippen LogP contribution < -0.4 is 10.6 Å². The highest BCUT2D eigenvalue weighted by molar-refractivity contribution is 6.06. The number of carboxylic acid groups (broad SMARTS) is 2. The second-order valence-corrected chi connectivity index (χ2v) is 10.4. The van der Waals surface area contributed by atoms with E-state index in [1.807, 2.05) is 0 Å². The molecule has 2 aromatic carbocycles. The van der Waals surface area contributed by atoms with Gasteiger partial charge in [-0.3, -0.25) is 9.59 Å². The van der Waals surface area contributed by atoms with E-state index in [0.717, 1.165) is 25.7 Å². The minimum atomic E-state index is -1.30. The highest BCUT2D eigenvalue weighted by atomic mass is 16.4. The molecule has 8 nitrogen and oxygen atoms in total. The topological polar surface area (TPSA) is 133 Å². The lowest BCUT2D eigenvalue weighted by molar-refractivity contribution is 0.0645. The smallest absolute Gasteiger partial charge is 0.336 e. The summed E-state index contributed by atoms with van der Waals surface area (Å²) in [5, 5.41) is 25.5. The summed E-state index contributed by atoms with van der Waals surface area (Å²) in [6.07, 6.45) is 26.5. The number of benzene rings is 2. The molecule has 0 radical (unpaired) electrons. The van der Waals surface area contributed by atoms with Crippen LogP contribution in [-0.2, 0) is 0 Å². The van der Waals surface area contributed by atoms with Gasteiger partial charge in [0.1, 0.15) is 0 Å². The van der Waals surface area contributed by atoms with Crippen LogP contribution >= 0.6 is 0 Å². The molecule has 4 N–H and O–H groups in total. The van der Waals surface area contributed by atoms with Gasteiger partial charge in [-0.25, -0.2) is 9.59 Å². The van der Waals surface area contributed by atoms with Gasteiger partial charge in [0.25, 0.3) is 11.8 Å². The van der Waals surface area contributed by atoms with Gasteiger partial charge in [-0.15, -0.1) is 25.7 Å². The van der Waals surface area contributed by atoms with E-state index in [1.165, 1.54) is 24.3 Å². The van der Waals surface area contributed by atoms with Gasteiger partial charge in [-0.2, -0.15) is 0 Å². The summed E-state index contributed by atoms with van der Waals surface area (Å²) in [5.74, 6) is 5.82. The van der Waals surface area contributed by atoms with Crippen LogP contribution in [0.1, 0.15) is 102 Å². The van der Waals surface area contributed by atoms with Crippen molar-refractivity contribution in [3.05, 3.63) is 68.8 Å². The number of carboxylic acids is 2. The molecule has 2 amide bonds. The van der Waals surface area contributed by atoms with Crippen molar-refractivity contribution in [2.75, 3.05) is 0 Å². The number of hydrogen-bond acceptors (Lipinski definition) is 4. The minimum absolute atomic E-state index is 0.0103. The Labute approximate surface area is 244 Å². The summed E-state index contributed by atoms with van der Waals surface area (Å²) in [7, 11) is 0. The van der Waals surface area contributed by atoms with Crippen molar-refractivity contribution in [3.63, 3.8) is 0 Å². The van der Waals surface area contributed by atoms with Gasteiger partial charge < -0.3 is 20.8 Å². The number of nitrogens with one attached hydrogen (secondary N) is 2.